The molecule has 0 bridgehead atoms. The van der Waals surface area contributed by atoms with E-state index in [1.54, 1.807) is 12.1 Å². The quantitative estimate of drug-likeness (QED) is 0.910. The van der Waals surface area contributed by atoms with Crippen LogP contribution in [0.25, 0.3) is 10.8 Å². The summed E-state index contributed by atoms with van der Waals surface area (Å²) in [7, 11) is -3.46. The summed E-state index contributed by atoms with van der Waals surface area (Å²) >= 11 is 0. The Morgan fingerprint density at radius 3 is 2.43 bits per heavy atom. The molecule has 0 amide bonds. The molecule has 2 aromatic carbocycles. The minimum absolute atomic E-state index is 0. The highest BCUT2D eigenvalue weighted by Crippen LogP contribution is 2.23. The number of benzene rings is 2. The van der Waals surface area contributed by atoms with Gasteiger partial charge in [-0.3, -0.25) is 0 Å². The molecule has 0 aliphatic carbocycles. The van der Waals surface area contributed by atoms with Crippen molar-refractivity contribution in [2.45, 2.75) is 23.8 Å². The molecule has 1 saturated heterocycles. The van der Waals surface area contributed by atoms with Gasteiger partial charge in [0.05, 0.1) is 4.90 Å². The molecule has 0 radical (unpaired) electrons. The summed E-state index contributed by atoms with van der Waals surface area (Å²) in [5.41, 5.74) is 0. The van der Waals surface area contributed by atoms with Crippen LogP contribution in [0.5, 0.6) is 0 Å². The summed E-state index contributed by atoms with van der Waals surface area (Å²) in [6.45, 7) is 1.73. The van der Waals surface area contributed by atoms with Crippen LogP contribution in [0, 0.1) is 0 Å². The van der Waals surface area contributed by atoms with Crippen molar-refractivity contribution in [2.75, 3.05) is 13.1 Å². The minimum atomic E-state index is -3.46. The van der Waals surface area contributed by atoms with E-state index < -0.39 is 10.0 Å². The van der Waals surface area contributed by atoms with Crippen molar-refractivity contribution in [1.82, 2.24) is 10.0 Å². The first kappa shape index (κ1) is 16.2. The van der Waals surface area contributed by atoms with Crippen molar-refractivity contribution in [2.24, 2.45) is 0 Å². The van der Waals surface area contributed by atoms with Gasteiger partial charge < -0.3 is 5.32 Å². The van der Waals surface area contributed by atoms with Gasteiger partial charge in [-0.2, -0.15) is 0 Å². The maximum atomic E-state index is 12.6. The molecule has 2 aromatic rings. The molecule has 1 aliphatic heterocycles. The number of hydrogen-bond acceptors (Lipinski definition) is 3. The summed E-state index contributed by atoms with van der Waals surface area (Å²) in [5, 5.41) is 4.95. The lowest BCUT2D eigenvalue weighted by Crippen LogP contribution is -2.42. The molecule has 0 aromatic heterocycles. The van der Waals surface area contributed by atoms with E-state index in [0.717, 1.165) is 36.7 Å². The van der Waals surface area contributed by atoms with Crippen LogP contribution in [0.3, 0.4) is 0 Å². The molecule has 2 N–H and O–H groups in total. The lowest BCUT2D eigenvalue weighted by Gasteiger charge is -2.23. The third kappa shape index (κ3) is 3.55. The Bertz CT molecular complexity index is 707. The highest BCUT2D eigenvalue weighted by molar-refractivity contribution is 7.89. The van der Waals surface area contributed by atoms with E-state index in [9.17, 15) is 8.42 Å². The van der Waals surface area contributed by atoms with Gasteiger partial charge in [0.2, 0.25) is 10.0 Å². The molecule has 0 saturated carbocycles. The fraction of sp³-hybridized carbons (Fsp3) is 0.333. The van der Waals surface area contributed by atoms with E-state index in [1.165, 1.54) is 0 Å². The van der Waals surface area contributed by atoms with Crippen LogP contribution in [-0.2, 0) is 10.0 Å². The molecule has 1 aliphatic rings. The Balaban J connectivity index is 0.00000161. The van der Waals surface area contributed by atoms with E-state index in [2.05, 4.69) is 10.0 Å². The number of halogens is 1. The Morgan fingerprint density at radius 1 is 1.00 bits per heavy atom. The molecule has 6 heteroatoms. The van der Waals surface area contributed by atoms with E-state index >= 15 is 0 Å². The monoisotopic (exact) mass is 326 g/mol. The Labute approximate surface area is 131 Å². The van der Waals surface area contributed by atoms with Gasteiger partial charge in [-0.25, -0.2) is 13.1 Å². The van der Waals surface area contributed by atoms with Crippen LogP contribution < -0.4 is 10.0 Å². The Morgan fingerprint density at radius 2 is 1.67 bits per heavy atom. The van der Waals surface area contributed by atoms with E-state index in [0.29, 0.717) is 4.90 Å². The lowest BCUT2D eigenvalue weighted by atomic mass is 10.1. The zero-order chi connectivity index (χ0) is 14.0. The minimum Gasteiger partial charge on any atom is -0.317 e. The number of fused-ring (bicyclic) bond motifs is 1. The number of nitrogens with one attached hydrogen (secondary N) is 2. The van der Waals surface area contributed by atoms with Crippen molar-refractivity contribution < 1.29 is 8.42 Å². The van der Waals surface area contributed by atoms with Crippen molar-refractivity contribution in [3.8, 4) is 0 Å². The van der Waals surface area contributed by atoms with Crippen LogP contribution in [0.15, 0.2) is 47.4 Å². The second kappa shape index (κ2) is 6.75. The molecule has 1 heterocycles. The third-order valence-electron chi connectivity index (χ3n) is 3.70. The Kier molecular flexibility index (Phi) is 5.22. The van der Waals surface area contributed by atoms with Gasteiger partial charge >= 0.3 is 0 Å². The molecule has 114 valence electrons. The largest absolute Gasteiger partial charge is 0.317 e. The van der Waals surface area contributed by atoms with Gasteiger partial charge in [-0.1, -0.05) is 36.4 Å². The van der Waals surface area contributed by atoms with Crippen molar-refractivity contribution in [3.63, 3.8) is 0 Å². The van der Waals surface area contributed by atoms with Gasteiger partial charge in [-0.15, -0.1) is 12.4 Å². The SMILES string of the molecule is Cl.O=S(=O)(NC1CCNCC1)c1cccc2ccccc12. The van der Waals surface area contributed by atoms with Crippen molar-refractivity contribution in [1.29, 1.82) is 0 Å². The van der Waals surface area contributed by atoms with Crippen LogP contribution in [-0.4, -0.2) is 27.5 Å². The number of sulfonamides is 1. The van der Waals surface area contributed by atoms with E-state index in [1.807, 2.05) is 30.3 Å². The third-order valence-corrected chi connectivity index (χ3v) is 5.28. The average molecular weight is 327 g/mol. The summed E-state index contributed by atoms with van der Waals surface area (Å²) in [6, 6.07) is 13.0. The predicted octanol–water partition coefficient (Wildman–Crippen LogP) is 2.29. The highest BCUT2D eigenvalue weighted by Gasteiger charge is 2.22. The van der Waals surface area contributed by atoms with Crippen molar-refractivity contribution in [3.05, 3.63) is 42.5 Å². The summed E-state index contributed by atoms with van der Waals surface area (Å²) in [5.74, 6) is 0. The molecular formula is C15H19ClN2O2S. The summed E-state index contributed by atoms with van der Waals surface area (Å²) < 4.78 is 28.0. The molecule has 0 unspecified atom stereocenters. The van der Waals surface area contributed by atoms with Crippen LogP contribution in [0.1, 0.15) is 12.8 Å². The number of rotatable bonds is 3. The van der Waals surface area contributed by atoms with Gasteiger partial charge in [0.15, 0.2) is 0 Å². The molecule has 4 nitrogen and oxygen atoms in total. The summed E-state index contributed by atoms with van der Waals surface area (Å²) in [6.07, 6.45) is 1.67. The zero-order valence-electron chi connectivity index (χ0n) is 11.6. The average Bonchev–Trinajstić information content (AvgIpc) is 2.47. The zero-order valence-corrected chi connectivity index (χ0v) is 13.2. The lowest BCUT2D eigenvalue weighted by molar-refractivity contribution is 0.427. The standard InChI is InChI=1S/C15H18N2O2S.ClH/c18-20(19,17-13-8-10-16-11-9-13)15-7-3-5-12-4-1-2-6-14(12)15;/h1-7,13,16-17H,8-11H2;1H. The van der Waals surface area contributed by atoms with E-state index in [4.69, 9.17) is 0 Å². The van der Waals surface area contributed by atoms with Gasteiger partial charge in [-0.05, 0) is 37.4 Å². The fourth-order valence-corrected chi connectivity index (χ4v) is 4.19. The second-order valence-corrected chi connectivity index (χ2v) is 6.81. The first-order valence-corrected chi connectivity index (χ1v) is 8.36. The topological polar surface area (TPSA) is 58.2 Å². The van der Waals surface area contributed by atoms with E-state index in [-0.39, 0.29) is 18.4 Å². The normalized spacial score (nSPS) is 16.6. The maximum Gasteiger partial charge on any atom is 0.241 e. The number of piperidine rings is 1. The fourth-order valence-electron chi connectivity index (χ4n) is 2.65. The second-order valence-electron chi connectivity index (χ2n) is 5.12. The first-order valence-electron chi connectivity index (χ1n) is 6.88. The van der Waals surface area contributed by atoms with Crippen LogP contribution >= 0.6 is 12.4 Å². The smallest absolute Gasteiger partial charge is 0.241 e. The summed E-state index contributed by atoms with van der Waals surface area (Å²) in [4.78, 5) is 0.370. The molecule has 0 atom stereocenters. The Hall–Kier alpha value is -1.14. The van der Waals surface area contributed by atoms with Crippen molar-refractivity contribution >= 4 is 33.2 Å². The molecule has 21 heavy (non-hydrogen) atoms. The van der Waals surface area contributed by atoms with Gasteiger partial charge in [0, 0.05) is 11.4 Å². The number of hydrogen-bond donors (Lipinski definition) is 2. The molecular weight excluding hydrogens is 308 g/mol. The van der Waals surface area contributed by atoms with Crippen LogP contribution in [0.2, 0.25) is 0 Å². The van der Waals surface area contributed by atoms with Gasteiger partial charge in [0.25, 0.3) is 0 Å². The first-order chi connectivity index (χ1) is 9.67. The van der Waals surface area contributed by atoms with Crippen LogP contribution in [0.4, 0.5) is 0 Å². The van der Waals surface area contributed by atoms with Gasteiger partial charge in [0.1, 0.15) is 0 Å². The molecule has 3 rings (SSSR count). The maximum absolute atomic E-state index is 12.6. The predicted molar refractivity (Wildman–Crippen MR) is 87.4 cm³/mol. The molecule has 0 spiro atoms. The highest BCUT2D eigenvalue weighted by atomic mass is 35.5. The molecule has 1 fully saturated rings.